The number of hydrogen-bond acceptors (Lipinski definition) is 4. The molecule has 6 nitrogen and oxygen atoms in total. The molecule has 0 amide bonds. The van der Waals surface area contributed by atoms with Gasteiger partial charge in [-0.2, -0.15) is 18.3 Å². The van der Waals surface area contributed by atoms with Gasteiger partial charge in [-0.15, -0.1) is 35.3 Å². The molecule has 140 valence electrons. The van der Waals surface area contributed by atoms with Crippen LogP contribution in [0.15, 0.2) is 22.8 Å². The topological polar surface area (TPSA) is 67.1 Å². The first-order valence-electron chi connectivity index (χ1n) is 7.33. The van der Waals surface area contributed by atoms with Gasteiger partial charge in [0, 0.05) is 31.7 Å². The number of aryl methyl sites for hydroxylation is 2. The van der Waals surface area contributed by atoms with E-state index >= 15 is 0 Å². The highest BCUT2D eigenvalue weighted by atomic mass is 127. The lowest BCUT2D eigenvalue weighted by molar-refractivity contribution is -0.140. The van der Waals surface area contributed by atoms with Crippen LogP contribution in [0.4, 0.5) is 13.2 Å². The lowest BCUT2D eigenvalue weighted by Crippen LogP contribution is -2.37. The smallest absolute Gasteiger partial charge is 0.356 e. The maximum Gasteiger partial charge on any atom is 0.434 e. The van der Waals surface area contributed by atoms with Gasteiger partial charge in [0.15, 0.2) is 11.7 Å². The number of aliphatic imine (C=N–C) groups is 1. The molecule has 11 heteroatoms. The summed E-state index contributed by atoms with van der Waals surface area (Å²) < 4.78 is 39.3. The van der Waals surface area contributed by atoms with E-state index in [2.05, 4.69) is 25.7 Å². The van der Waals surface area contributed by atoms with Gasteiger partial charge in [0.05, 0.1) is 12.7 Å². The Kier molecular flexibility index (Phi) is 8.62. The van der Waals surface area contributed by atoms with Gasteiger partial charge < -0.3 is 10.6 Å². The Balaban J connectivity index is 0.00000312. The molecule has 2 aromatic rings. The second-order valence-corrected chi connectivity index (χ2v) is 6.05. The fourth-order valence-electron chi connectivity index (χ4n) is 1.94. The summed E-state index contributed by atoms with van der Waals surface area (Å²) in [7, 11) is 1.61. The van der Waals surface area contributed by atoms with Crippen LogP contribution in [0.2, 0.25) is 0 Å². The minimum Gasteiger partial charge on any atom is -0.356 e. The maximum absolute atomic E-state index is 12.5. The van der Waals surface area contributed by atoms with Gasteiger partial charge in [0.25, 0.3) is 0 Å². The first-order valence-corrected chi connectivity index (χ1v) is 8.21. The Morgan fingerprint density at radius 3 is 2.68 bits per heavy atom. The first kappa shape index (κ1) is 21.7. The minimum absolute atomic E-state index is 0. The van der Waals surface area contributed by atoms with E-state index in [1.54, 1.807) is 13.2 Å². The molecule has 0 saturated heterocycles. The number of alkyl halides is 3. The zero-order chi connectivity index (χ0) is 17.6. The summed E-state index contributed by atoms with van der Waals surface area (Å²) >= 11 is 0.969. The Labute approximate surface area is 165 Å². The standard InChI is InChI=1S/C14H19F3N6S.HI/c1-10-6-21-23(8-10)5-3-4-19-13(18-2)20-7-12-22-11(9-24-12)14(15,16)17;/h6,8-9H,3-5,7H2,1-2H3,(H2,18,19,20);1H. The average Bonchev–Trinajstić information content (AvgIpc) is 3.15. The van der Waals surface area contributed by atoms with E-state index in [4.69, 9.17) is 0 Å². The zero-order valence-corrected chi connectivity index (χ0v) is 16.9. The number of nitrogens with one attached hydrogen (secondary N) is 2. The summed E-state index contributed by atoms with van der Waals surface area (Å²) in [5, 5.41) is 11.6. The average molecular weight is 488 g/mol. The molecule has 2 N–H and O–H groups in total. The molecule has 0 aliphatic rings. The summed E-state index contributed by atoms with van der Waals surface area (Å²) in [4.78, 5) is 7.60. The van der Waals surface area contributed by atoms with Gasteiger partial charge in [-0.3, -0.25) is 9.67 Å². The third kappa shape index (κ3) is 7.18. The van der Waals surface area contributed by atoms with Crippen LogP contribution in [0.5, 0.6) is 0 Å². The molecular formula is C14H20F3IN6S. The molecule has 0 aliphatic heterocycles. The van der Waals surface area contributed by atoms with Crippen LogP contribution >= 0.6 is 35.3 Å². The highest BCUT2D eigenvalue weighted by molar-refractivity contribution is 14.0. The summed E-state index contributed by atoms with van der Waals surface area (Å²) in [5.74, 6) is 0.524. The molecule has 2 heterocycles. The van der Waals surface area contributed by atoms with Crippen molar-refractivity contribution in [3.8, 4) is 0 Å². The number of rotatable bonds is 6. The van der Waals surface area contributed by atoms with Crippen molar-refractivity contribution >= 4 is 41.3 Å². The lowest BCUT2D eigenvalue weighted by atomic mass is 10.4. The Morgan fingerprint density at radius 1 is 1.36 bits per heavy atom. The van der Waals surface area contributed by atoms with Crippen molar-refractivity contribution in [2.45, 2.75) is 32.6 Å². The molecule has 0 unspecified atom stereocenters. The molecular weight excluding hydrogens is 468 g/mol. The van der Waals surface area contributed by atoms with Crippen LogP contribution in [0, 0.1) is 6.92 Å². The van der Waals surface area contributed by atoms with Crippen molar-refractivity contribution in [3.63, 3.8) is 0 Å². The number of aromatic nitrogens is 3. The molecule has 0 saturated carbocycles. The van der Waals surface area contributed by atoms with Gasteiger partial charge in [-0.05, 0) is 18.9 Å². The SMILES string of the molecule is CN=C(NCCCn1cc(C)cn1)NCc1nc(C(F)(F)F)cs1.I. The van der Waals surface area contributed by atoms with Gasteiger partial charge >= 0.3 is 6.18 Å². The van der Waals surface area contributed by atoms with Crippen molar-refractivity contribution in [2.75, 3.05) is 13.6 Å². The van der Waals surface area contributed by atoms with E-state index in [-0.39, 0.29) is 30.5 Å². The van der Waals surface area contributed by atoms with E-state index in [0.717, 1.165) is 35.2 Å². The largest absolute Gasteiger partial charge is 0.434 e. The van der Waals surface area contributed by atoms with E-state index in [1.165, 1.54) is 0 Å². The predicted molar refractivity (Wildman–Crippen MR) is 102 cm³/mol. The molecule has 25 heavy (non-hydrogen) atoms. The van der Waals surface area contributed by atoms with Crippen molar-refractivity contribution in [1.82, 2.24) is 25.4 Å². The molecule has 0 spiro atoms. The minimum atomic E-state index is -4.40. The van der Waals surface area contributed by atoms with Crippen LogP contribution in [-0.4, -0.2) is 34.3 Å². The quantitative estimate of drug-likeness (QED) is 0.284. The Hall–Kier alpha value is -1.37. The summed E-state index contributed by atoms with van der Waals surface area (Å²) in [6.45, 7) is 3.62. The second kappa shape index (κ2) is 9.94. The molecule has 0 bridgehead atoms. The lowest BCUT2D eigenvalue weighted by Gasteiger charge is -2.10. The third-order valence-electron chi connectivity index (χ3n) is 3.09. The van der Waals surface area contributed by atoms with Gasteiger partial charge in [-0.1, -0.05) is 0 Å². The van der Waals surface area contributed by atoms with Crippen LogP contribution in [0.1, 0.15) is 22.7 Å². The molecule has 0 atom stereocenters. The van der Waals surface area contributed by atoms with Gasteiger partial charge in [0.1, 0.15) is 5.01 Å². The number of nitrogens with zero attached hydrogens (tertiary/aromatic N) is 4. The highest BCUT2D eigenvalue weighted by Crippen LogP contribution is 2.29. The summed E-state index contributed by atoms with van der Waals surface area (Å²) in [6, 6.07) is 0. The predicted octanol–water partition coefficient (Wildman–Crippen LogP) is 3.04. The maximum atomic E-state index is 12.5. The third-order valence-corrected chi connectivity index (χ3v) is 3.94. The fourth-order valence-corrected chi connectivity index (χ4v) is 2.68. The monoisotopic (exact) mass is 488 g/mol. The molecule has 2 rings (SSSR count). The van der Waals surface area contributed by atoms with Crippen LogP contribution in [-0.2, 0) is 19.3 Å². The molecule has 0 aliphatic carbocycles. The van der Waals surface area contributed by atoms with Crippen molar-refractivity contribution < 1.29 is 13.2 Å². The van der Waals surface area contributed by atoms with E-state index in [1.807, 2.05) is 17.8 Å². The Morgan fingerprint density at radius 2 is 2.12 bits per heavy atom. The molecule has 0 radical (unpaired) electrons. The Bertz CT molecular complexity index is 682. The fraction of sp³-hybridized carbons (Fsp3) is 0.500. The van der Waals surface area contributed by atoms with E-state index < -0.39 is 11.9 Å². The van der Waals surface area contributed by atoms with Crippen molar-refractivity contribution in [3.05, 3.63) is 34.0 Å². The number of guanidine groups is 1. The number of hydrogen-bond donors (Lipinski definition) is 2. The molecule has 2 aromatic heterocycles. The van der Waals surface area contributed by atoms with Crippen LogP contribution < -0.4 is 10.6 Å². The second-order valence-electron chi connectivity index (χ2n) is 5.11. The number of halogens is 4. The number of thiazole rings is 1. The normalized spacial score (nSPS) is 12.0. The molecule has 0 fully saturated rings. The summed E-state index contributed by atoms with van der Waals surface area (Å²) in [5.41, 5.74) is 0.254. The summed E-state index contributed by atoms with van der Waals surface area (Å²) in [6.07, 6.45) is 0.210. The highest BCUT2D eigenvalue weighted by Gasteiger charge is 2.33. The van der Waals surface area contributed by atoms with Crippen molar-refractivity contribution in [2.24, 2.45) is 4.99 Å². The molecule has 0 aromatic carbocycles. The van der Waals surface area contributed by atoms with Crippen molar-refractivity contribution in [1.29, 1.82) is 0 Å². The van der Waals surface area contributed by atoms with E-state index in [0.29, 0.717) is 17.5 Å². The van der Waals surface area contributed by atoms with Gasteiger partial charge in [0.2, 0.25) is 0 Å². The van der Waals surface area contributed by atoms with Crippen LogP contribution in [0.25, 0.3) is 0 Å². The van der Waals surface area contributed by atoms with E-state index in [9.17, 15) is 13.2 Å². The zero-order valence-electron chi connectivity index (χ0n) is 13.8. The first-order chi connectivity index (χ1) is 11.4. The van der Waals surface area contributed by atoms with Gasteiger partial charge in [-0.25, -0.2) is 4.98 Å². The van der Waals surface area contributed by atoms with Crippen LogP contribution in [0.3, 0.4) is 0 Å².